The van der Waals surface area contributed by atoms with Gasteiger partial charge >= 0.3 is 0 Å². The molecule has 5 heteroatoms. The molecule has 2 N–H and O–H groups in total. The summed E-state index contributed by atoms with van der Waals surface area (Å²) < 4.78 is 0.642. The maximum absolute atomic E-state index is 11.7. The van der Waals surface area contributed by atoms with E-state index in [1.807, 2.05) is 6.92 Å². The van der Waals surface area contributed by atoms with Crippen molar-refractivity contribution in [1.29, 1.82) is 0 Å². The number of hydrogen-bond acceptors (Lipinski definition) is 3. The highest BCUT2D eigenvalue weighted by Crippen LogP contribution is 2.06. The van der Waals surface area contributed by atoms with Crippen molar-refractivity contribution in [3.8, 4) is 0 Å². The number of nitrogens with zero attached hydrogens (tertiary/aromatic N) is 1. The lowest BCUT2D eigenvalue weighted by Crippen LogP contribution is -2.33. The predicted octanol–water partition coefficient (Wildman–Crippen LogP) is 1.73. The fraction of sp³-hybridized carbons (Fsp3) is 0.455. The lowest BCUT2D eigenvalue weighted by Gasteiger charge is -2.12. The molecule has 1 amide bonds. The van der Waals surface area contributed by atoms with E-state index in [0.717, 1.165) is 6.42 Å². The molecule has 4 nitrogen and oxygen atoms in total. The molecule has 1 unspecified atom stereocenters. The van der Waals surface area contributed by atoms with Crippen molar-refractivity contribution in [2.75, 3.05) is 6.61 Å². The van der Waals surface area contributed by atoms with E-state index >= 15 is 0 Å². The van der Waals surface area contributed by atoms with Gasteiger partial charge in [-0.2, -0.15) is 0 Å². The maximum atomic E-state index is 11.7. The number of hydrogen-bond donors (Lipinski definition) is 2. The molecule has 1 atom stereocenters. The average Bonchev–Trinajstić information content (AvgIpc) is 2.26. The van der Waals surface area contributed by atoms with Crippen molar-refractivity contribution < 1.29 is 9.90 Å². The first kappa shape index (κ1) is 13.1. The number of pyridine rings is 1. The van der Waals surface area contributed by atoms with Gasteiger partial charge in [0.25, 0.3) is 5.91 Å². The number of carbonyl (C=O) groups is 1. The molecule has 1 aromatic heterocycles. The average molecular weight is 287 g/mol. The second-order valence-electron chi connectivity index (χ2n) is 3.59. The molecule has 0 spiro atoms. The van der Waals surface area contributed by atoms with Crippen molar-refractivity contribution in [3.63, 3.8) is 0 Å². The Morgan fingerprint density at radius 2 is 2.38 bits per heavy atom. The maximum Gasteiger partial charge on any atom is 0.270 e. The van der Waals surface area contributed by atoms with Gasteiger partial charge in [0, 0.05) is 12.6 Å². The Labute approximate surface area is 103 Å². The van der Waals surface area contributed by atoms with Gasteiger partial charge in [-0.05, 0) is 47.8 Å². The zero-order valence-electron chi connectivity index (χ0n) is 9.11. The summed E-state index contributed by atoms with van der Waals surface area (Å²) in [5.74, 6) is -0.188. The fourth-order valence-electron chi connectivity index (χ4n) is 1.30. The Kier molecular flexibility index (Phi) is 5.42. The number of carbonyl (C=O) groups excluding carboxylic acids is 1. The smallest absolute Gasteiger partial charge is 0.270 e. The lowest BCUT2D eigenvalue weighted by atomic mass is 10.2. The van der Waals surface area contributed by atoms with E-state index in [4.69, 9.17) is 5.11 Å². The van der Waals surface area contributed by atoms with Crippen LogP contribution in [0.15, 0.2) is 22.8 Å². The third kappa shape index (κ3) is 4.28. The molecule has 0 aliphatic carbocycles. The number of rotatable bonds is 5. The van der Waals surface area contributed by atoms with Gasteiger partial charge in [0.1, 0.15) is 10.3 Å². The van der Waals surface area contributed by atoms with E-state index in [2.05, 4.69) is 26.2 Å². The minimum Gasteiger partial charge on any atom is -0.396 e. The molecule has 88 valence electrons. The van der Waals surface area contributed by atoms with Crippen molar-refractivity contribution in [2.45, 2.75) is 25.8 Å². The predicted molar refractivity (Wildman–Crippen MR) is 65.2 cm³/mol. The Hall–Kier alpha value is -0.940. The second-order valence-corrected chi connectivity index (χ2v) is 4.40. The largest absolute Gasteiger partial charge is 0.396 e. The van der Waals surface area contributed by atoms with Crippen LogP contribution in [-0.4, -0.2) is 28.6 Å². The van der Waals surface area contributed by atoms with Crippen molar-refractivity contribution in [2.24, 2.45) is 0 Å². The molecular formula is C11H15BrN2O2. The van der Waals surface area contributed by atoms with Crippen LogP contribution >= 0.6 is 15.9 Å². The number of aromatic nitrogens is 1. The fourth-order valence-corrected chi connectivity index (χ4v) is 1.65. The Morgan fingerprint density at radius 3 is 3.00 bits per heavy atom. The topological polar surface area (TPSA) is 62.2 Å². The highest BCUT2D eigenvalue weighted by Gasteiger charge is 2.10. The van der Waals surface area contributed by atoms with Crippen LogP contribution in [0.25, 0.3) is 0 Å². The van der Waals surface area contributed by atoms with E-state index in [1.54, 1.807) is 18.2 Å². The molecule has 0 saturated heterocycles. The normalized spacial score (nSPS) is 12.2. The summed E-state index contributed by atoms with van der Waals surface area (Å²) >= 11 is 3.21. The summed E-state index contributed by atoms with van der Waals surface area (Å²) in [4.78, 5) is 15.8. The van der Waals surface area contributed by atoms with Gasteiger partial charge in [-0.15, -0.1) is 0 Å². The van der Waals surface area contributed by atoms with E-state index in [0.29, 0.717) is 16.7 Å². The van der Waals surface area contributed by atoms with E-state index in [-0.39, 0.29) is 18.6 Å². The van der Waals surface area contributed by atoms with Gasteiger partial charge in [-0.1, -0.05) is 6.07 Å². The number of aliphatic hydroxyl groups excluding tert-OH is 1. The van der Waals surface area contributed by atoms with Crippen LogP contribution in [0.4, 0.5) is 0 Å². The molecule has 1 rings (SSSR count). The van der Waals surface area contributed by atoms with E-state index < -0.39 is 0 Å². The molecule has 1 aromatic rings. The first-order valence-corrected chi connectivity index (χ1v) is 5.97. The van der Waals surface area contributed by atoms with Crippen LogP contribution in [0.5, 0.6) is 0 Å². The van der Waals surface area contributed by atoms with Crippen LogP contribution in [0.3, 0.4) is 0 Å². The van der Waals surface area contributed by atoms with Gasteiger partial charge in [0.15, 0.2) is 0 Å². The Balaban J connectivity index is 2.52. The first-order chi connectivity index (χ1) is 7.63. The van der Waals surface area contributed by atoms with E-state index in [1.165, 1.54) is 0 Å². The third-order valence-electron chi connectivity index (χ3n) is 2.12. The number of amides is 1. The number of halogens is 1. The first-order valence-electron chi connectivity index (χ1n) is 5.17. The SMILES string of the molecule is CC(CCCO)NC(=O)c1cccc(Br)n1. The summed E-state index contributed by atoms with van der Waals surface area (Å²) in [6, 6.07) is 5.25. The quantitative estimate of drug-likeness (QED) is 0.811. The van der Waals surface area contributed by atoms with E-state index in [9.17, 15) is 4.79 Å². The minimum absolute atomic E-state index is 0.0421. The molecule has 16 heavy (non-hydrogen) atoms. The zero-order chi connectivity index (χ0) is 12.0. The molecule has 0 aliphatic rings. The van der Waals surface area contributed by atoms with Crippen molar-refractivity contribution in [1.82, 2.24) is 10.3 Å². The van der Waals surface area contributed by atoms with Crippen LogP contribution in [-0.2, 0) is 0 Å². The molecule has 0 aliphatic heterocycles. The zero-order valence-corrected chi connectivity index (χ0v) is 10.7. The van der Waals surface area contributed by atoms with Crippen LogP contribution in [0.2, 0.25) is 0 Å². The van der Waals surface area contributed by atoms with Gasteiger partial charge < -0.3 is 10.4 Å². The molecule has 0 saturated carbocycles. The Morgan fingerprint density at radius 1 is 1.62 bits per heavy atom. The third-order valence-corrected chi connectivity index (χ3v) is 2.56. The minimum atomic E-state index is -0.188. The molecule has 0 fully saturated rings. The van der Waals surface area contributed by atoms with Crippen molar-refractivity contribution >= 4 is 21.8 Å². The van der Waals surface area contributed by atoms with Gasteiger partial charge in [0.05, 0.1) is 0 Å². The number of aliphatic hydroxyl groups is 1. The Bertz CT molecular complexity index is 358. The molecule has 0 radical (unpaired) electrons. The highest BCUT2D eigenvalue weighted by molar-refractivity contribution is 9.10. The van der Waals surface area contributed by atoms with Crippen LogP contribution < -0.4 is 5.32 Å². The monoisotopic (exact) mass is 286 g/mol. The molecule has 1 heterocycles. The number of nitrogens with one attached hydrogen (secondary N) is 1. The summed E-state index contributed by atoms with van der Waals surface area (Å²) in [6.07, 6.45) is 1.45. The summed E-state index contributed by atoms with van der Waals surface area (Å²) in [7, 11) is 0. The van der Waals surface area contributed by atoms with Crippen LogP contribution in [0, 0.1) is 0 Å². The van der Waals surface area contributed by atoms with Gasteiger partial charge in [0.2, 0.25) is 0 Å². The summed E-state index contributed by atoms with van der Waals surface area (Å²) in [6.45, 7) is 2.06. The van der Waals surface area contributed by atoms with Gasteiger partial charge in [-0.3, -0.25) is 4.79 Å². The second kappa shape index (κ2) is 6.60. The van der Waals surface area contributed by atoms with Gasteiger partial charge in [-0.25, -0.2) is 4.98 Å². The van der Waals surface area contributed by atoms with Crippen LogP contribution in [0.1, 0.15) is 30.3 Å². The van der Waals surface area contributed by atoms with Crippen molar-refractivity contribution in [3.05, 3.63) is 28.5 Å². The molecule has 0 aromatic carbocycles. The molecule has 0 bridgehead atoms. The lowest BCUT2D eigenvalue weighted by molar-refractivity contribution is 0.0931. The standard InChI is InChI=1S/C11H15BrN2O2/c1-8(4-3-7-15)13-11(16)9-5-2-6-10(12)14-9/h2,5-6,8,15H,3-4,7H2,1H3,(H,13,16). The summed E-state index contributed by atoms with van der Waals surface area (Å²) in [5.41, 5.74) is 0.394. The molecular weight excluding hydrogens is 272 g/mol. The summed E-state index contributed by atoms with van der Waals surface area (Å²) in [5, 5.41) is 11.5. The highest BCUT2D eigenvalue weighted by atomic mass is 79.9.